The fourth-order valence-corrected chi connectivity index (χ4v) is 3.17. The van der Waals surface area contributed by atoms with Gasteiger partial charge in [-0.25, -0.2) is 4.98 Å². The number of pyridine rings is 1. The third kappa shape index (κ3) is 1.77. The summed E-state index contributed by atoms with van der Waals surface area (Å²) in [5.74, 6) is 2.36. The third-order valence-corrected chi connectivity index (χ3v) is 3.96. The lowest BCUT2D eigenvalue weighted by atomic mass is 10.0. The number of hydrogen-bond acceptors (Lipinski definition) is 3. The molecule has 1 aromatic heterocycles. The monoisotopic (exact) mass is 257 g/mol. The molecule has 2 aliphatic rings. The fraction of sp³-hybridized carbons (Fsp3) is 0.545. The van der Waals surface area contributed by atoms with Crippen LogP contribution in [0.2, 0.25) is 10.0 Å². The second kappa shape index (κ2) is 4.06. The maximum absolute atomic E-state index is 6.16. The van der Waals surface area contributed by atoms with Crippen molar-refractivity contribution in [3.8, 4) is 0 Å². The van der Waals surface area contributed by atoms with E-state index >= 15 is 0 Å². The van der Waals surface area contributed by atoms with Gasteiger partial charge in [-0.3, -0.25) is 0 Å². The van der Waals surface area contributed by atoms with E-state index < -0.39 is 0 Å². The highest BCUT2D eigenvalue weighted by atomic mass is 35.5. The van der Waals surface area contributed by atoms with Crippen molar-refractivity contribution < 1.29 is 0 Å². The lowest BCUT2D eigenvalue weighted by Gasteiger charge is -2.19. The van der Waals surface area contributed by atoms with Crippen molar-refractivity contribution in [2.24, 2.45) is 11.8 Å². The number of anilines is 1. The highest BCUT2D eigenvalue weighted by Crippen LogP contribution is 2.33. The van der Waals surface area contributed by atoms with E-state index in [2.05, 4.69) is 15.2 Å². The fourth-order valence-electron chi connectivity index (χ4n) is 2.67. The number of aromatic nitrogens is 1. The Balaban J connectivity index is 1.83. The molecule has 3 rings (SSSR count). The molecule has 0 unspecified atom stereocenters. The molecule has 2 aliphatic heterocycles. The van der Waals surface area contributed by atoms with Crippen molar-refractivity contribution in [2.45, 2.75) is 0 Å². The standard InChI is InChI=1S/C11H13Cl2N3/c12-9-1-10(13)11(15-4-9)16-5-7-2-14-3-8(7)6-16/h1,4,7-8,14H,2-3,5-6H2/t7-,8+. The predicted molar refractivity (Wildman–Crippen MR) is 66.3 cm³/mol. The number of rotatable bonds is 1. The van der Waals surface area contributed by atoms with Gasteiger partial charge in [0.15, 0.2) is 0 Å². The summed E-state index contributed by atoms with van der Waals surface area (Å²) in [5, 5.41) is 4.66. The number of fused-ring (bicyclic) bond motifs is 1. The van der Waals surface area contributed by atoms with Crippen molar-refractivity contribution in [1.82, 2.24) is 10.3 Å². The summed E-state index contributed by atoms with van der Waals surface area (Å²) in [4.78, 5) is 6.60. The van der Waals surface area contributed by atoms with Crippen molar-refractivity contribution in [1.29, 1.82) is 0 Å². The Kier molecular flexibility index (Phi) is 2.70. The first-order valence-electron chi connectivity index (χ1n) is 5.51. The van der Waals surface area contributed by atoms with Crippen LogP contribution >= 0.6 is 23.2 Å². The summed E-state index contributed by atoms with van der Waals surface area (Å²) in [6.45, 7) is 4.33. The summed E-state index contributed by atoms with van der Waals surface area (Å²) in [7, 11) is 0. The molecule has 0 saturated carbocycles. The average Bonchev–Trinajstić information content (AvgIpc) is 2.76. The van der Waals surface area contributed by atoms with Gasteiger partial charge in [0.1, 0.15) is 5.82 Å². The summed E-state index contributed by atoms with van der Waals surface area (Å²) in [6, 6.07) is 1.76. The van der Waals surface area contributed by atoms with E-state index in [1.165, 1.54) is 0 Å². The first kappa shape index (κ1) is 10.6. The molecule has 0 spiro atoms. The molecular formula is C11H13Cl2N3. The van der Waals surface area contributed by atoms with E-state index in [0.717, 1.165) is 43.8 Å². The second-order valence-corrected chi connectivity index (χ2v) is 5.39. The molecule has 0 aliphatic carbocycles. The van der Waals surface area contributed by atoms with Crippen LogP contribution in [-0.2, 0) is 0 Å². The smallest absolute Gasteiger partial charge is 0.147 e. The van der Waals surface area contributed by atoms with Crippen LogP contribution in [0.25, 0.3) is 0 Å². The Bertz CT molecular complexity index is 398. The van der Waals surface area contributed by atoms with Crippen LogP contribution in [0.5, 0.6) is 0 Å². The Morgan fingerprint density at radius 3 is 2.56 bits per heavy atom. The van der Waals surface area contributed by atoms with Gasteiger partial charge in [-0.15, -0.1) is 0 Å². The van der Waals surface area contributed by atoms with Crippen LogP contribution in [0.3, 0.4) is 0 Å². The molecule has 1 N–H and O–H groups in total. The molecule has 2 atom stereocenters. The largest absolute Gasteiger partial charge is 0.355 e. The first-order chi connectivity index (χ1) is 7.74. The van der Waals surface area contributed by atoms with Crippen LogP contribution in [0.1, 0.15) is 0 Å². The summed E-state index contributed by atoms with van der Waals surface area (Å²) in [5.41, 5.74) is 0. The zero-order valence-electron chi connectivity index (χ0n) is 8.79. The molecule has 86 valence electrons. The molecule has 0 radical (unpaired) electrons. The minimum absolute atomic E-state index is 0.592. The normalized spacial score (nSPS) is 28.5. The summed E-state index contributed by atoms with van der Waals surface area (Å²) >= 11 is 12.0. The predicted octanol–water partition coefficient (Wildman–Crippen LogP) is 2.04. The van der Waals surface area contributed by atoms with Gasteiger partial charge in [-0.1, -0.05) is 23.2 Å². The minimum atomic E-state index is 0.592. The van der Waals surface area contributed by atoms with E-state index in [4.69, 9.17) is 23.2 Å². The van der Waals surface area contributed by atoms with Crippen LogP contribution in [-0.4, -0.2) is 31.2 Å². The highest BCUT2D eigenvalue weighted by Gasteiger charge is 2.37. The first-order valence-corrected chi connectivity index (χ1v) is 6.26. The van der Waals surface area contributed by atoms with Gasteiger partial charge in [0.25, 0.3) is 0 Å². The van der Waals surface area contributed by atoms with E-state index in [0.29, 0.717) is 10.0 Å². The average molecular weight is 258 g/mol. The number of nitrogens with one attached hydrogen (secondary N) is 1. The molecule has 0 amide bonds. The van der Waals surface area contributed by atoms with Gasteiger partial charge in [0.05, 0.1) is 10.0 Å². The molecule has 16 heavy (non-hydrogen) atoms. The van der Waals surface area contributed by atoms with Crippen molar-refractivity contribution in [2.75, 3.05) is 31.1 Å². The van der Waals surface area contributed by atoms with Gasteiger partial charge in [-0.2, -0.15) is 0 Å². The topological polar surface area (TPSA) is 28.2 Å². The maximum Gasteiger partial charge on any atom is 0.147 e. The zero-order chi connectivity index (χ0) is 11.1. The molecule has 0 aromatic carbocycles. The van der Waals surface area contributed by atoms with Crippen LogP contribution in [0.15, 0.2) is 12.3 Å². The second-order valence-electron chi connectivity index (χ2n) is 4.54. The van der Waals surface area contributed by atoms with Gasteiger partial charge >= 0.3 is 0 Å². The van der Waals surface area contributed by atoms with Crippen LogP contribution < -0.4 is 10.2 Å². The minimum Gasteiger partial charge on any atom is -0.355 e. The van der Waals surface area contributed by atoms with E-state index in [9.17, 15) is 0 Å². The van der Waals surface area contributed by atoms with Crippen molar-refractivity contribution in [3.63, 3.8) is 0 Å². The molecular weight excluding hydrogens is 245 g/mol. The number of nitrogens with zero attached hydrogens (tertiary/aromatic N) is 2. The lowest BCUT2D eigenvalue weighted by Crippen LogP contribution is -2.26. The molecule has 2 saturated heterocycles. The molecule has 3 nitrogen and oxygen atoms in total. The Morgan fingerprint density at radius 1 is 1.25 bits per heavy atom. The maximum atomic E-state index is 6.16. The Hall–Kier alpha value is -0.510. The van der Waals surface area contributed by atoms with E-state index in [1.54, 1.807) is 12.3 Å². The lowest BCUT2D eigenvalue weighted by molar-refractivity contribution is 0.533. The number of hydrogen-bond donors (Lipinski definition) is 1. The van der Waals surface area contributed by atoms with Gasteiger partial charge < -0.3 is 10.2 Å². The molecule has 5 heteroatoms. The van der Waals surface area contributed by atoms with Crippen molar-refractivity contribution >= 4 is 29.0 Å². The quantitative estimate of drug-likeness (QED) is 0.835. The summed E-state index contributed by atoms with van der Waals surface area (Å²) in [6.07, 6.45) is 1.66. The molecule has 1 aromatic rings. The Labute approximate surface area is 105 Å². The van der Waals surface area contributed by atoms with E-state index in [1.807, 2.05) is 0 Å². The van der Waals surface area contributed by atoms with Gasteiger partial charge in [0.2, 0.25) is 0 Å². The Morgan fingerprint density at radius 2 is 1.94 bits per heavy atom. The molecule has 3 heterocycles. The zero-order valence-corrected chi connectivity index (χ0v) is 10.3. The molecule has 0 bridgehead atoms. The van der Waals surface area contributed by atoms with Crippen LogP contribution in [0, 0.1) is 11.8 Å². The summed E-state index contributed by atoms with van der Waals surface area (Å²) < 4.78 is 0. The van der Waals surface area contributed by atoms with Crippen molar-refractivity contribution in [3.05, 3.63) is 22.3 Å². The highest BCUT2D eigenvalue weighted by molar-refractivity contribution is 6.36. The third-order valence-electron chi connectivity index (χ3n) is 3.48. The van der Waals surface area contributed by atoms with Crippen LogP contribution in [0.4, 0.5) is 5.82 Å². The van der Waals surface area contributed by atoms with E-state index in [-0.39, 0.29) is 0 Å². The SMILES string of the molecule is Clc1cnc(N2C[C@H]3CNC[C@H]3C2)c(Cl)c1. The van der Waals surface area contributed by atoms with Gasteiger partial charge in [-0.05, 0) is 17.9 Å². The number of halogens is 2. The van der Waals surface area contributed by atoms with Gasteiger partial charge in [0, 0.05) is 32.4 Å². The molecule has 2 fully saturated rings.